The largest absolute Gasteiger partial charge is 0.416 e. The lowest BCUT2D eigenvalue weighted by atomic mass is 10.2. The van der Waals surface area contributed by atoms with Crippen molar-refractivity contribution >= 4 is 29.4 Å². The number of halogens is 3. The standard InChI is InChI=1S/C16H16F3N3O4/c1-2-3-8-21-13(24)14(25)22(15(21)26)9-12(23)20-11-6-4-10(5-7-11)16(17,18)19/h4-7H,2-3,8-9H2,1H3,(H,20,23). The van der Waals surface area contributed by atoms with Crippen LogP contribution < -0.4 is 5.32 Å². The van der Waals surface area contributed by atoms with Crippen molar-refractivity contribution in [3.63, 3.8) is 0 Å². The lowest BCUT2D eigenvalue weighted by Crippen LogP contribution is -2.39. The Morgan fingerprint density at radius 3 is 2.15 bits per heavy atom. The van der Waals surface area contributed by atoms with E-state index in [2.05, 4.69) is 5.32 Å². The van der Waals surface area contributed by atoms with Gasteiger partial charge in [0.2, 0.25) is 5.91 Å². The van der Waals surface area contributed by atoms with Crippen molar-refractivity contribution in [2.45, 2.75) is 25.9 Å². The van der Waals surface area contributed by atoms with Gasteiger partial charge < -0.3 is 5.32 Å². The third-order valence-electron chi connectivity index (χ3n) is 3.67. The average molecular weight is 371 g/mol. The highest BCUT2D eigenvalue weighted by Crippen LogP contribution is 2.29. The van der Waals surface area contributed by atoms with Gasteiger partial charge in [-0.15, -0.1) is 0 Å². The van der Waals surface area contributed by atoms with Crippen LogP contribution in [0.5, 0.6) is 0 Å². The molecule has 0 bridgehead atoms. The topological polar surface area (TPSA) is 86.8 Å². The van der Waals surface area contributed by atoms with Crippen LogP contribution in [-0.4, -0.2) is 46.6 Å². The van der Waals surface area contributed by atoms with Gasteiger partial charge in [0.15, 0.2) is 0 Å². The number of unbranched alkanes of at least 4 members (excludes halogenated alkanes) is 1. The number of carbonyl (C=O) groups is 4. The van der Waals surface area contributed by atoms with Crippen LogP contribution in [0.3, 0.4) is 0 Å². The Labute approximate surface area is 146 Å². The third-order valence-corrected chi connectivity index (χ3v) is 3.67. The van der Waals surface area contributed by atoms with Crippen LogP contribution >= 0.6 is 0 Å². The zero-order valence-corrected chi connectivity index (χ0v) is 13.8. The summed E-state index contributed by atoms with van der Waals surface area (Å²) in [7, 11) is 0. The molecule has 10 heteroatoms. The van der Waals surface area contributed by atoms with E-state index in [0.29, 0.717) is 17.7 Å². The van der Waals surface area contributed by atoms with Crippen molar-refractivity contribution < 1.29 is 32.3 Å². The summed E-state index contributed by atoms with van der Waals surface area (Å²) in [6, 6.07) is 2.80. The predicted molar refractivity (Wildman–Crippen MR) is 83.8 cm³/mol. The molecule has 7 nitrogen and oxygen atoms in total. The summed E-state index contributed by atoms with van der Waals surface area (Å²) in [6.07, 6.45) is -3.27. The van der Waals surface area contributed by atoms with E-state index in [0.717, 1.165) is 29.2 Å². The van der Waals surface area contributed by atoms with E-state index in [1.54, 1.807) is 0 Å². The van der Waals surface area contributed by atoms with Gasteiger partial charge in [0.25, 0.3) is 0 Å². The van der Waals surface area contributed by atoms with Crippen molar-refractivity contribution in [3.8, 4) is 0 Å². The summed E-state index contributed by atoms with van der Waals surface area (Å²) in [5.41, 5.74) is -0.811. The summed E-state index contributed by atoms with van der Waals surface area (Å²) in [5.74, 6) is -2.91. The molecule has 0 radical (unpaired) electrons. The van der Waals surface area contributed by atoms with Crippen LogP contribution in [0.2, 0.25) is 0 Å². The molecule has 0 unspecified atom stereocenters. The molecule has 1 aliphatic heterocycles. The molecule has 1 saturated heterocycles. The first-order valence-electron chi connectivity index (χ1n) is 7.79. The van der Waals surface area contributed by atoms with Crippen molar-refractivity contribution in [2.75, 3.05) is 18.4 Å². The van der Waals surface area contributed by atoms with Crippen LogP contribution in [0.15, 0.2) is 24.3 Å². The van der Waals surface area contributed by atoms with E-state index < -0.39 is 42.0 Å². The zero-order chi connectivity index (χ0) is 19.5. The summed E-state index contributed by atoms with van der Waals surface area (Å²) in [4.78, 5) is 48.9. The van der Waals surface area contributed by atoms with Crippen molar-refractivity contribution in [1.82, 2.24) is 9.80 Å². The van der Waals surface area contributed by atoms with E-state index in [-0.39, 0.29) is 12.2 Å². The fourth-order valence-corrected chi connectivity index (χ4v) is 2.29. The van der Waals surface area contributed by atoms with E-state index in [9.17, 15) is 32.3 Å². The highest BCUT2D eigenvalue weighted by molar-refractivity contribution is 6.45. The second kappa shape index (κ2) is 7.54. The minimum atomic E-state index is -4.50. The molecule has 0 atom stereocenters. The molecule has 26 heavy (non-hydrogen) atoms. The summed E-state index contributed by atoms with van der Waals surface area (Å²) in [6.45, 7) is 1.23. The second-order valence-corrected chi connectivity index (χ2v) is 5.61. The van der Waals surface area contributed by atoms with Gasteiger partial charge in [0.05, 0.1) is 5.56 Å². The Balaban J connectivity index is 2.00. The molecule has 1 fully saturated rings. The number of urea groups is 1. The smallest absolute Gasteiger partial charge is 0.325 e. The molecule has 1 N–H and O–H groups in total. The van der Waals surface area contributed by atoms with Gasteiger partial charge in [-0.2, -0.15) is 13.2 Å². The first-order chi connectivity index (χ1) is 12.1. The molecule has 1 heterocycles. The number of carbonyl (C=O) groups excluding carboxylic acids is 4. The van der Waals surface area contributed by atoms with Crippen molar-refractivity contribution in [1.29, 1.82) is 0 Å². The van der Waals surface area contributed by atoms with E-state index in [1.807, 2.05) is 6.92 Å². The number of alkyl halides is 3. The number of nitrogens with one attached hydrogen (secondary N) is 1. The van der Waals surface area contributed by atoms with Crippen LogP contribution in [0.25, 0.3) is 0 Å². The highest BCUT2D eigenvalue weighted by Gasteiger charge is 2.44. The Morgan fingerprint density at radius 2 is 1.62 bits per heavy atom. The third kappa shape index (κ3) is 4.19. The number of rotatable bonds is 6. The second-order valence-electron chi connectivity index (χ2n) is 5.61. The SMILES string of the molecule is CCCCN1C(=O)C(=O)N(CC(=O)Nc2ccc(C(F)(F)F)cc2)C1=O. The van der Waals surface area contributed by atoms with Crippen LogP contribution in [-0.2, 0) is 20.6 Å². The molecular formula is C16H16F3N3O4. The first kappa shape index (κ1) is 19.4. The molecule has 1 aliphatic rings. The van der Waals surface area contributed by atoms with Gasteiger partial charge in [0.1, 0.15) is 6.54 Å². The van der Waals surface area contributed by atoms with E-state index in [1.165, 1.54) is 0 Å². The summed E-state index contributed by atoms with van der Waals surface area (Å²) < 4.78 is 37.5. The zero-order valence-electron chi connectivity index (χ0n) is 13.8. The Hall–Kier alpha value is -2.91. The minimum absolute atomic E-state index is 0.0660. The number of nitrogens with zero attached hydrogens (tertiary/aromatic N) is 2. The fraction of sp³-hybridized carbons (Fsp3) is 0.375. The Morgan fingerprint density at radius 1 is 1.04 bits per heavy atom. The molecule has 5 amide bonds. The van der Waals surface area contributed by atoms with Crippen LogP contribution in [0.1, 0.15) is 25.3 Å². The lowest BCUT2D eigenvalue weighted by molar-refractivity contribution is -0.143. The number of imide groups is 2. The van der Waals surface area contributed by atoms with E-state index >= 15 is 0 Å². The molecule has 0 aliphatic carbocycles. The number of hydrogen-bond acceptors (Lipinski definition) is 4. The van der Waals surface area contributed by atoms with Gasteiger partial charge in [-0.1, -0.05) is 13.3 Å². The molecule has 1 aromatic rings. The lowest BCUT2D eigenvalue weighted by Gasteiger charge is -2.15. The van der Waals surface area contributed by atoms with Crippen LogP contribution in [0, 0.1) is 0 Å². The molecule has 140 valence electrons. The maximum atomic E-state index is 12.5. The average Bonchev–Trinajstić information content (AvgIpc) is 2.76. The quantitative estimate of drug-likeness (QED) is 0.614. The Bertz CT molecular complexity index is 731. The number of amides is 5. The maximum absolute atomic E-state index is 12.5. The fourth-order valence-electron chi connectivity index (χ4n) is 2.29. The molecular weight excluding hydrogens is 355 g/mol. The first-order valence-corrected chi connectivity index (χ1v) is 7.79. The molecule has 2 rings (SSSR count). The maximum Gasteiger partial charge on any atom is 0.416 e. The van der Waals surface area contributed by atoms with Gasteiger partial charge >= 0.3 is 24.0 Å². The number of anilines is 1. The van der Waals surface area contributed by atoms with Gasteiger partial charge in [-0.25, -0.2) is 9.69 Å². The van der Waals surface area contributed by atoms with Gasteiger partial charge in [-0.3, -0.25) is 19.3 Å². The molecule has 0 aromatic heterocycles. The monoisotopic (exact) mass is 371 g/mol. The number of hydrogen-bond donors (Lipinski definition) is 1. The normalized spacial score (nSPS) is 15.0. The number of benzene rings is 1. The highest BCUT2D eigenvalue weighted by atomic mass is 19.4. The molecule has 1 aromatic carbocycles. The summed E-state index contributed by atoms with van der Waals surface area (Å²) in [5, 5.41) is 2.28. The van der Waals surface area contributed by atoms with Crippen LogP contribution in [0.4, 0.5) is 23.7 Å². The van der Waals surface area contributed by atoms with Crippen molar-refractivity contribution in [3.05, 3.63) is 29.8 Å². The summed E-state index contributed by atoms with van der Waals surface area (Å²) >= 11 is 0. The van der Waals surface area contributed by atoms with Crippen molar-refractivity contribution in [2.24, 2.45) is 0 Å². The molecule has 0 saturated carbocycles. The Kier molecular flexibility index (Phi) is 5.63. The molecule has 0 spiro atoms. The predicted octanol–water partition coefficient (Wildman–Crippen LogP) is 2.23. The van der Waals surface area contributed by atoms with E-state index in [4.69, 9.17) is 0 Å². The van der Waals surface area contributed by atoms with Gasteiger partial charge in [0, 0.05) is 12.2 Å². The van der Waals surface area contributed by atoms with Gasteiger partial charge in [-0.05, 0) is 30.7 Å². The minimum Gasteiger partial charge on any atom is -0.325 e.